The molecular formula is C84H114Cl2Si3. The maximum absolute atomic E-state index is 5.87. The maximum Gasteiger partial charge on any atom is 0.251 e. The third-order valence-corrected chi connectivity index (χ3v) is 46.9. The van der Waals surface area contributed by atoms with Crippen LogP contribution in [0.1, 0.15) is 268 Å². The molecule has 13 aliphatic carbocycles. The summed E-state index contributed by atoms with van der Waals surface area (Å²) >= 11 is 11.7. The van der Waals surface area contributed by atoms with E-state index in [1.54, 1.807) is 127 Å². The van der Waals surface area contributed by atoms with Gasteiger partial charge in [0.1, 0.15) is 0 Å². The first-order valence-electron chi connectivity index (χ1n) is 37.9. The molecule has 0 aromatic heterocycles. The van der Waals surface area contributed by atoms with E-state index in [9.17, 15) is 0 Å². The number of fused-ring (bicyclic) bond motifs is 10. The molecule has 5 saturated carbocycles. The molecule has 5 heteroatoms. The summed E-state index contributed by atoms with van der Waals surface area (Å²) in [6.45, 7) is 25.9. The van der Waals surface area contributed by atoms with Gasteiger partial charge in [-0.2, -0.15) is 0 Å². The lowest BCUT2D eigenvalue weighted by molar-refractivity contribution is 0.429. The van der Waals surface area contributed by atoms with E-state index in [-0.39, 0.29) is 0 Å². The highest BCUT2D eigenvalue weighted by atomic mass is 35.7. The monoisotopic (exact) mass is 1280 g/mol. The Kier molecular flexibility index (Phi) is 17.0. The molecule has 18 rings (SSSR count). The second kappa shape index (κ2) is 24.2. The molecule has 10 unspecified atom stereocenters. The second-order valence-corrected chi connectivity index (χ2v) is 50.6. The summed E-state index contributed by atoms with van der Waals surface area (Å²) in [5, 5.41) is 0. The Balaban J connectivity index is 0.000000113. The first-order chi connectivity index (χ1) is 43.0. The molecule has 2 aromatic carbocycles. The summed E-state index contributed by atoms with van der Waals surface area (Å²) in [6, 6.07) is 8.64. The van der Waals surface area contributed by atoms with Crippen molar-refractivity contribution in [3.05, 3.63) is 158 Å². The average Bonchev–Trinajstić information content (AvgIpc) is 1.59. The average molecular weight is 1280 g/mol. The molecule has 3 saturated heterocycles. The topological polar surface area (TPSA) is 0 Å². The summed E-state index contributed by atoms with van der Waals surface area (Å²) in [5.74, 6) is 6.03. The van der Waals surface area contributed by atoms with Gasteiger partial charge in [-0.1, -0.05) is 159 Å². The lowest BCUT2D eigenvalue weighted by atomic mass is 9.71. The summed E-state index contributed by atoms with van der Waals surface area (Å²) in [5.41, 5.74) is 45.8. The molecule has 0 spiro atoms. The zero-order valence-electron chi connectivity index (χ0n) is 57.7. The molecule has 16 aliphatic rings. The van der Waals surface area contributed by atoms with Gasteiger partial charge in [-0.3, -0.25) is 0 Å². The van der Waals surface area contributed by atoms with Crippen LogP contribution in [0.25, 0.3) is 12.2 Å². The predicted molar refractivity (Wildman–Crippen MR) is 393 cm³/mol. The minimum absolute atomic E-state index is 0.716. The zero-order chi connectivity index (χ0) is 61.6. The van der Waals surface area contributed by atoms with E-state index in [4.69, 9.17) is 22.2 Å². The third kappa shape index (κ3) is 9.93. The van der Waals surface area contributed by atoms with Crippen LogP contribution in [0.2, 0.25) is 47.3 Å². The van der Waals surface area contributed by atoms with Gasteiger partial charge in [-0.15, -0.1) is 22.2 Å². The van der Waals surface area contributed by atoms with Crippen LogP contribution in [-0.4, -0.2) is 22.8 Å². The standard InChI is InChI=1S/C34H50Si.C32H38Si.C14H18.C4H8Cl2Si/c1-20(2)32-29-13-9-11-25(29)22(4)28-15-17-31(34(28)32)35(18-6-7-19-35)30-16-14-27-21(3)24-10-8-12-26(24)23(5)33(27)30;1-19-23-9-7-11-25(23)21(3)31-27(19)13-15-29(31)33(17-5-6-18-33)30-16-14-28-20(2)24-10-8-12-26(24)22(4)32(28)30;1-9-11-5-3-7-13(11)10(2)14-8-4-6-12(9)14;5-7(6)3-1-2-4-7/h20,27-28,30-31,33-34H,6-19H2,1-5H3;13-16,29-30H,5-12,17-18H2,1-4H3;3,5,11,13H,4,6-8H2,1-2H3;1-4H2. The number of hydrogen-bond acceptors (Lipinski definition) is 0. The van der Waals surface area contributed by atoms with Crippen LogP contribution in [0.4, 0.5) is 0 Å². The molecule has 3 heterocycles. The lowest BCUT2D eigenvalue weighted by Gasteiger charge is -2.49. The Hall–Kier alpha value is -2.67. The number of hydrogen-bond donors (Lipinski definition) is 0. The van der Waals surface area contributed by atoms with E-state index in [2.05, 4.69) is 113 Å². The molecule has 8 fully saturated rings. The molecule has 476 valence electrons. The van der Waals surface area contributed by atoms with Crippen LogP contribution < -0.4 is 0 Å². The van der Waals surface area contributed by atoms with Crippen LogP contribution in [0.15, 0.2) is 91.2 Å². The van der Waals surface area contributed by atoms with Gasteiger partial charge < -0.3 is 0 Å². The predicted octanol–water partition coefficient (Wildman–Crippen LogP) is 25.2. The van der Waals surface area contributed by atoms with E-state index in [1.165, 1.54) is 153 Å². The minimum atomic E-state index is -1.62. The largest absolute Gasteiger partial charge is 0.251 e. The quantitative estimate of drug-likeness (QED) is 0.159. The van der Waals surface area contributed by atoms with Crippen LogP contribution in [-0.2, 0) is 25.7 Å². The molecule has 89 heavy (non-hydrogen) atoms. The Morgan fingerprint density at radius 3 is 1.26 bits per heavy atom. The number of halogens is 2. The van der Waals surface area contributed by atoms with Crippen molar-refractivity contribution in [1.82, 2.24) is 0 Å². The Bertz CT molecular complexity index is 3440. The molecule has 0 radical (unpaired) electrons. The zero-order valence-corrected chi connectivity index (χ0v) is 62.2. The molecule has 0 amide bonds. The first kappa shape index (κ1) is 62.4. The smallest absolute Gasteiger partial charge is 0.146 e. The summed E-state index contributed by atoms with van der Waals surface area (Å²) in [4.78, 5) is 0. The number of rotatable bonds is 5. The van der Waals surface area contributed by atoms with E-state index < -0.39 is 22.8 Å². The fraction of sp³-hybridized carbons (Fsp3) is 0.643. The molecule has 0 nitrogen and oxygen atoms in total. The molecule has 0 bridgehead atoms. The Morgan fingerprint density at radius 1 is 0.382 bits per heavy atom. The van der Waals surface area contributed by atoms with Gasteiger partial charge in [-0.25, -0.2) is 0 Å². The van der Waals surface area contributed by atoms with Crippen molar-refractivity contribution in [2.24, 2.45) is 41.4 Å². The molecule has 10 atom stereocenters. The summed E-state index contributed by atoms with van der Waals surface area (Å²) < 4.78 is 0. The van der Waals surface area contributed by atoms with Crippen molar-refractivity contribution >= 4 is 57.2 Å². The fourth-order valence-corrected chi connectivity index (χ4v) is 43.6. The van der Waals surface area contributed by atoms with Gasteiger partial charge >= 0.3 is 0 Å². The van der Waals surface area contributed by atoms with Crippen LogP contribution in [0.3, 0.4) is 0 Å². The van der Waals surface area contributed by atoms with Crippen molar-refractivity contribution in [3.8, 4) is 0 Å². The number of benzene rings is 2. The van der Waals surface area contributed by atoms with Gasteiger partial charge in [0, 0.05) is 5.92 Å². The van der Waals surface area contributed by atoms with Gasteiger partial charge in [-0.05, 0) is 348 Å². The van der Waals surface area contributed by atoms with Gasteiger partial charge in [0.15, 0.2) is 0 Å². The summed E-state index contributed by atoms with van der Waals surface area (Å²) in [6.07, 6.45) is 51.9. The van der Waals surface area contributed by atoms with E-state index in [0.29, 0.717) is 11.1 Å². The molecule has 2 aromatic rings. The van der Waals surface area contributed by atoms with Crippen LogP contribution in [0, 0.1) is 69.1 Å². The fourth-order valence-electron chi connectivity index (χ4n) is 25.7. The van der Waals surface area contributed by atoms with Crippen molar-refractivity contribution in [2.45, 2.75) is 302 Å². The van der Waals surface area contributed by atoms with E-state index >= 15 is 0 Å². The van der Waals surface area contributed by atoms with Crippen LogP contribution in [0.5, 0.6) is 0 Å². The van der Waals surface area contributed by atoms with E-state index in [0.717, 1.165) is 64.6 Å². The van der Waals surface area contributed by atoms with Crippen molar-refractivity contribution in [1.29, 1.82) is 0 Å². The minimum Gasteiger partial charge on any atom is -0.146 e. The van der Waals surface area contributed by atoms with Gasteiger partial charge in [0.25, 0.3) is 6.69 Å². The molecule has 3 aliphatic heterocycles. The van der Waals surface area contributed by atoms with Gasteiger partial charge in [0.05, 0.1) is 16.1 Å². The number of allylic oxidation sites excluding steroid dienone is 16. The van der Waals surface area contributed by atoms with E-state index in [1.807, 2.05) is 44.6 Å². The highest BCUT2D eigenvalue weighted by Gasteiger charge is 2.62. The maximum atomic E-state index is 5.87. The van der Waals surface area contributed by atoms with Crippen molar-refractivity contribution in [3.63, 3.8) is 0 Å². The van der Waals surface area contributed by atoms with Gasteiger partial charge in [0.2, 0.25) is 0 Å². The molecule has 0 N–H and O–H groups in total. The molecular weight excluding hydrogens is 1160 g/mol. The highest BCUT2D eigenvalue weighted by Crippen LogP contribution is 2.70. The van der Waals surface area contributed by atoms with Crippen molar-refractivity contribution in [2.75, 3.05) is 0 Å². The normalized spacial score (nSPS) is 33.1. The Morgan fingerprint density at radius 2 is 0.775 bits per heavy atom. The summed E-state index contributed by atoms with van der Waals surface area (Å²) in [7, 11) is -2.99. The third-order valence-electron chi connectivity index (χ3n) is 29.6. The lowest BCUT2D eigenvalue weighted by Crippen LogP contribution is -2.47. The van der Waals surface area contributed by atoms with Crippen LogP contribution >= 0.6 is 22.2 Å². The second-order valence-electron chi connectivity index (χ2n) is 33.3. The SMILES string of the molecule is CC1=C2CCCC2=C(C)C2C1CCC2[Si]1(C2CCC3C(C)=C4CCCC4=C(C(C)C)C32)CCCC1.CC1=C2CCCC2=C(C)C2CC=CC12.Cc1c2c(c(C)c3c1CCC3)C([Si]1(C3C=Cc4c(C)c5c(c(C)c43)CCC5)CCCC1)C=C2.Cl[Si]1(Cl)CCCC1. The highest BCUT2D eigenvalue weighted by molar-refractivity contribution is 7.45. The van der Waals surface area contributed by atoms with Crippen molar-refractivity contribution < 1.29 is 0 Å². The Labute approximate surface area is 554 Å². The first-order valence-corrected chi connectivity index (χ1v) is 47.5.